The molecule has 0 N–H and O–H groups in total. The molecule has 3 aromatic heterocycles. The van der Waals surface area contributed by atoms with E-state index in [1.165, 1.54) is 72.5 Å². The van der Waals surface area contributed by atoms with Gasteiger partial charge in [-0.3, -0.25) is 9.20 Å². The monoisotopic (exact) mass is 441 g/mol. The number of rotatable bonds is 4. The van der Waals surface area contributed by atoms with Crippen molar-refractivity contribution in [2.24, 2.45) is 0 Å². The molecule has 6 nitrogen and oxygen atoms in total. The molecule has 1 amide bonds. The lowest BCUT2D eigenvalue weighted by atomic mass is 9.97. The molecule has 0 radical (unpaired) electrons. The molecule has 1 saturated carbocycles. The molecule has 0 atom stereocenters. The number of hydrogen-bond acceptors (Lipinski definition) is 6. The minimum absolute atomic E-state index is 0.230. The average Bonchev–Trinajstić information content (AvgIpc) is 3.49. The number of thioether (sulfide) groups is 1. The van der Waals surface area contributed by atoms with E-state index in [4.69, 9.17) is 4.98 Å². The van der Waals surface area contributed by atoms with E-state index in [0.29, 0.717) is 11.7 Å². The molecule has 3 aromatic rings. The van der Waals surface area contributed by atoms with Gasteiger partial charge >= 0.3 is 0 Å². The molecule has 158 valence electrons. The third-order valence-electron chi connectivity index (χ3n) is 6.68. The molecule has 0 spiro atoms. The van der Waals surface area contributed by atoms with E-state index in [9.17, 15) is 4.79 Å². The summed E-state index contributed by atoms with van der Waals surface area (Å²) in [7, 11) is 0. The van der Waals surface area contributed by atoms with Crippen LogP contribution in [0.15, 0.2) is 5.16 Å². The van der Waals surface area contributed by atoms with Gasteiger partial charge in [0, 0.05) is 23.9 Å². The molecule has 6 rings (SSSR count). The summed E-state index contributed by atoms with van der Waals surface area (Å²) in [6.45, 7) is 1.80. The first-order valence-electron chi connectivity index (χ1n) is 11.4. The van der Waals surface area contributed by atoms with Gasteiger partial charge in [0.05, 0.1) is 11.1 Å². The Morgan fingerprint density at radius 1 is 1.03 bits per heavy atom. The van der Waals surface area contributed by atoms with Gasteiger partial charge in [0.2, 0.25) is 5.91 Å². The van der Waals surface area contributed by atoms with Gasteiger partial charge in [0.15, 0.2) is 10.8 Å². The van der Waals surface area contributed by atoms with Crippen molar-refractivity contribution in [2.45, 2.75) is 75.3 Å². The molecule has 0 bridgehead atoms. The summed E-state index contributed by atoms with van der Waals surface area (Å²) in [5.74, 6) is 2.28. The number of likely N-dealkylation sites (tertiary alicyclic amines) is 1. The second-order valence-electron chi connectivity index (χ2n) is 8.86. The van der Waals surface area contributed by atoms with Gasteiger partial charge in [0.1, 0.15) is 10.7 Å². The first-order valence-corrected chi connectivity index (χ1v) is 13.2. The Bertz CT molecular complexity index is 1110. The maximum atomic E-state index is 12.8. The van der Waals surface area contributed by atoms with Crippen molar-refractivity contribution in [1.82, 2.24) is 24.5 Å². The van der Waals surface area contributed by atoms with Crippen molar-refractivity contribution in [1.29, 1.82) is 0 Å². The normalized spacial score (nSPS) is 19.9. The first-order chi connectivity index (χ1) is 14.8. The maximum absolute atomic E-state index is 12.8. The van der Waals surface area contributed by atoms with Crippen LogP contribution >= 0.6 is 23.1 Å². The van der Waals surface area contributed by atoms with Crippen LogP contribution in [-0.2, 0) is 17.6 Å². The van der Waals surface area contributed by atoms with E-state index in [-0.39, 0.29) is 5.91 Å². The summed E-state index contributed by atoms with van der Waals surface area (Å²) >= 11 is 3.40. The zero-order valence-corrected chi connectivity index (χ0v) is 18.9. The number of thiophene rings is 1. The number of amides is 1. The lowest BCUT2D eigenvalue weighted by molar-refractivity contribution is -0.128. The number of nitrogens with zero attached hydrogens (tertiary/aromatic N) is 5. The van der Waals surface area contributed by atoms with Crippen molar-refractivity contribution in [3.8, 4) is 0 Å². The fraction of sp³-hybridized carbons (Fsp3) is 0.636. The van der Waals surface area contributed by atoms with Crippen LogP contribution in [0.25, 0.3) is 15.9 Å². The number of aryl methyl sites for hydroxylation is 2. The van der Waals surface area contributed by atoms with Crippen LogP contribution in [0.1, 0.15) is 73.5 Å². The van der Waals surface area contributed by atoms with Gasteiger partial charge in [0.25, 0.3) is 0 Å². The Morgan fingerprint density at radius 3 is 2.63 bits per heavy atom. The fourth-order valence-corrected chi connectivity index (χ4v) is 7.01. The van der Waals surface area contributed by atoms with Gasteiger partial charge in [-0.25, -0.2) is 4.98 Å². The van der Waals surface area contributed by atoms with Gasteiger partial charge in [-0.1, -0.05) is 24.6 Å². The van der Waals surface area contributed by atoms with Crippen LogP contribution in [0.3, 0.4) is 0 Å². The standard InChI is InChI=1S/C22H27N5OS2/c28-17(26-11-5-1-2-6-12-26)13-29-22-25-24-20-18-15-7-3-4-8-16(15)30-21(18)23-19(27(20)22)14-9-10-14/h14H,1-13H2. The molecule has 8 heteroatoms. The Balaban J connectivity index is 1.36. The maximum Gasteiger partial charge on any atom is 0.233 e. The summed E-state index contributed by atoms with van der Waals surface area (Å²) in [4.78, 5) is 22.6. The third-order valence-corrected chi connectivity index (χ3v) is 8.78. The SMILES string of the molecule is O=C(CSc1nnc2c3c4c(sc3nc(C3CC3)n12)CCCC4)N1CCCCCC1. The molecule has 0 aromatic carbocycles. The number of hydrogen-bond donors (Lipinski definition) is 0. The van der Waals surface area contributed by atoms with E-state index in [1.807, 2.05) is 16.2 Å². The predicted molar refractivity (Wildman–Crippen MR) is 121 cm³/mol. The molecule has 2 aliphatic carbocycles. The van der Waals surface area contributed by atoms with Crippen molar-refractivity contribution in [3.05, 3.63) is 16.3 Å². The number of aromatic nitrogens is 4. The number of carbonyl (C=O) groups is 1. The molecule has 30 heavy (non-hydrogen) atoms. The zero-order chi connectivity index (χ0) is 20.1. The third kappa shape index (κ3) is 3.32. The van der Waals surface area contributed by atoms with E-state index in [2.05, 4.69) is 14.6 Å². The predicted octanol–water partition coefficient (Wildman–Crippen LogP) is 4.59. The highest BCUT2D eigenvalue weighted by atomic mass is 32.2. The Kier molecular flexibility index (Phi) is 4.94. The molecule has 2 fully saturated rings. The van der Waals surface area contributed by atoms with Gasteiger partial charge < -0.3 is 4.90 Å². The smallest absolute Gasteiger partial charge is 0.233 e. The number of fused-ring (bicyclic) bond motifs is 5. The molecular weight excluding hydrogens is 414 g/mol. The van der Waals surface area contributed by atoms with Crippen LogP contribution in [0.2, 0.25) is 0 Å². The van der Waals surface area contributed by atoms with Crippen LogP contribution in [0.5, 0.6) is 0 Å². The zero-order valence-electron chi connectivity index (χ0n) is 17.2. The minimum atomic E-state index is 0.230. The van der Waals surface area contributed by atoms with Crippen molar-refractivity contribution >= 4 is 44.9 Å². The van der Waals surface area contributed by atoms with Crippen molar-refractivity contribution in [2.75, 3.05) is 18.8 Å². The molecule has 1 aliphatic heterocycles. The Morgan fingerprint density at radius 2 is 1.83 bits per heavy atom. The molecular formula is C22H27N5OS2. The van der Waals surface area contributed by atoms with E-state index in [1.54, 1.807) is 0 Å². The second kappa shape index (κ2) is 7.79. The van der Waals surface area contributed by atoms with Crippen molar-refractivity contribution in [3.63, 3.8) is 0 Å². The van der Waals surface area contributed by atoms with Gasteiger partial charge in [-0.2, -0.15) is 0 Å². The largest absolute Gasteiger partial charge is 0.342 e. The van der Waals surface area contributed by atoms with E-state index in [0.717, 1.165) is 53.8 Å². The Labute approximate surface area is 184 Å². The highest BCUT2D eigenvalue weighted by Crippen LogP contribution is 2.44. The molecule has 1 saturated heterocycles. The van der Waals surface area contributed by atoms with Crippen LogP contribution in [-0.4, -0.2) is 49.2 Å². The summed E-state index contributed by atoms with van der Waals surface area (Å²) in [6, 6.07) is 0. The van der Waals surface area contributed by atoms with E-state index >= 15 is 0 Å². The summed E-state index contributed by atoms with van der Waals surface area (Å²) < 4.78 is 2.18. The van der Waals surface area contributed by atoms with Crippen LogP contribution in [0, 0.1) is 0 Å². The van der Waals surface area contributed by atoms with Crippen LogP contribution < -0.4 is 0 Å². The molecule has 4 heterocycles. The minimum Gasteiger partial charge on any atom is -0.342 e. The summed E-state index contributed by atoms with van der Waals surface area (Å²) in [5.41, 5.74) is 2.41. The fourth-order valence-electron chi connectivity index (χ4n) is 4.90. The van der Waals surface area contributed by atoms with Gasteiger partial charge in [-0.15, -0.1) is 21.5 Å². The topological polar surface area (TPSA) is 63.4 Å². The highest BCUT2D eigenvalue weighted by Gasteiger charge is 2.32. The molecule has 0 unspecified atom stereocenters. The molecule has 3 aliphatic rings. The van der Waals surface area contributed by atoms with Crippen molar-refractivity contribution < 1.29 is 4.79 Å². The average molecular weight is 442 g/mol. The first kappa shape index (κ1) is 19.0. The lowest BCUT2D eigenvalue weighted by Crippen LogP contribution is -2.33. The lowest BCUT2D eigenvalue weighted by Gasteiger charge is -2.19. The quantitative estimate of drug-likeness (QED) is 0.554. The van der Waals surface area contributed by atoms with E-state index < -0.39 is 0 Å². The number of carbonyl (C=O) groups excluding carboxylic acids is 1. The summed E-state index contributed by atoms with van der Waals surface area (Å²) in [6.07, 6.45) is 11.9. The van der Waals surface area contributed by atoms with Gasteiger partial charge in [-0.05, 0) is 56.9 Å². The second-order valence-corrected chi connectivity index (χ2v) is 10.9. The Hall–Kier alpha value is -1.67. The highest BCUT2D eigenvalue weighted by molar-refractivity contribution is 7.99. The summed E-state index contributed by atoms with van der Waals surface area (Å²) in [5, 5.41) is 11.2. The van der Waals surface area contributed by atoms with Crippen LogP contribution in [0.4, 0.5) is 0 Å².